The lowest BCUT2D eigenvalue weighted by atomic mass is 9.83. The van der Waals surface area contributed by atoms with E-state index in [-0.39, 0.29) is 29.4 Å². The number of nitrogens with one attached hydrogen (secondary N) is 1. The first-order chi connectivity index (χ1) is 15.5. The second kappa shape index (κ2) is 10.0. The molecule has 1 N–H and O–H groups in total. The van der Waals surface area contributed by atoms with Crippen molar-refractivity contribution in [2.75, 3.05) is 13.1 Å². The van der Waals surface area contributed by atoms with Crippen LogP contribution in [0, 0.1) is 24.5 Å². The van der Waals surface area contributed by atoms with Crippen LogP contribution >= 0.6 is 0 Å². The monoisotopic (exact) mass is 434 g/mol. The minimum atomic E-state index is -0.259. The molecule has 3 nitrogen and oxygen atoms in total. The zero-order valence-corrected chi connectivity index (χ0v) is 18.2. The Balaban J connectivity index is 1.50. The zero-order chi connectivity index (χ0) is 22.5. The van der Waals surface area contributed by atoms with Gasteiger partial charge in [0.1, 0.15) is 11.6 Å². The van der Waals surface area contributed by atoms with Gasteiger partial charge < -0.3 is 5.32 Å². The van der Waals surface area contributed by atoms with E-state index in [1.165, 1.54) is 18.2 Å². The Hall–Kier alpha value is -3.05. The molecular formula is C27H28F2N2O. The fourth-order valence-electron chi connectivity index (χ4n) is 4.45. The molecule has 1 saturated heterocycles. The third-order valence-corrected chi connectivity index (χ3v) is 6.18. The van der Waals surface area contributed by atoms with Crippen molar-refractivity contribution in [1.82, 2.24) is 10.2 Å². The zero-order valence-electron chi connectivity index (χ0n) is 18.2. The standard InChI is InChI=1S/C27H28F2N2O/c1-19-13-22(9-12-26(19)29)23-14-24(27(32)30-15-20-5-3-2-4-6-20)18-31(17-23)16-21-7-10-25(28)11-8-21/h2-13,23-24H,14-18H2,1H3,(H,30,32)/t23-,24+/m0/s1. The summed E-state index contributed by atoms with van der Waals surface area (Å²) in [5, 5.41) is 3.08. The molecule has 0 radical (unpaired) electrons. The van der Waals surface area contributed by atoms with Crippen molar-refractivity contribution >= 4 is 5.91 Å². The van der Waals surface area contributed by atoms with Gasteiger partial charge in [0.15, 0.2) is 0 Å². The van der Waals surface area contributed by atoms with Gasteiger partial charge in [-0.2, -0.15) is 0 Å². The van der Waals surface area contributed by atoms with Crippen molar-refractivity contribution in [2.24, 2.45) is 5.92 Å². The lowest BCUT2D eigenvalue weighted by Crippen LogP contribution is -2.45. The molecule has 1 aliphatic rings. The number of rotatable bonds is 6. The summed E-state index contributed by atoms with van der Waals surface area (Å²) in [7, 11) is 0. The second-order valence-corrected chi connectivity index (χ2v) is 8.66. The lowest BCUT2D eigenvalue weighted by molar-refractivity contribution is -0.127. The van der Waals surface area contributed by atoms with Crippen LogP contribution in [-0.4, -0.2) is 23.9 Å². The number of piperidine rings is 1. The molecule has 0 saturated carbocycles. The number of benzene rings is 3. The van der Waals surface area contributed by atoms with Crippen LogP contribution in [0.3, 0.4) is 0 Å². The molecule has 0 aromatic heterocycles. The van der Waals surface area contributed by atoms with Crippen molar-refractivity contribution in [3.05, 3.63) is 107 Å². The number of aryl methyl sites for hydroxylation is 1. The number of likely N-dealkylation sites (tertiary alicyclic amines) is 1. The molecule has 0 aliphatic carbocycles. The second-order valence-electron chi connectivity index (χ2n) is 8.66. The molecule has 166 valence electrons. The Morgan fingerprint density at radius 3 is 2.44 bits per heavy atom. The highest BCUT2D eigenvalue weighted by molar-refractivity contribution is 5.79. The molecule has 0 spiro atoms. The Bertz CT molecular complexity index is 1050. The topological polar surface area (TPSA) is 32.3 Å². The van der Waals surface area contributed by atoms with E-state index in [2.05, 4.69) is 10.2 Å². The molecular weight excluding hydrogens is 406 g/mol. The number of hydrogen-bond acceptors (Lipinski definition) is 2. The number of amides is 1. The summed E-state index contributed by atoms with van der Waals surface area (Å²) in [6, 6.07) is 21.6. The van der Waals surface area contributed by atoms with E-state index >= 15 is 0 Å². The first kappa shape index (κ1) is 22.2. The quantitative estimate of drug-likeness (QED) is 0.579. The van der Waals surface area contributed by atoms with Gasteiger partial charge in [0.25, 0.3) is 0 Å². The lowest BCUT2D eigenvalue weighted by Gasteiger charge is -2.37. The van der Waals surface area contributed by atoms with Gasteiger partial charge in [-0.05, 0) is 59.7 Å². The van der Waals surface area contributed by atoms with Crippen LogP contribution < -0.4 is 5.32 Å². The van der Waals surface area contributed by atoms with Crippen LogP contribution in [-0.2, 0) is 17.9 Å². The van der Waals surface area contributed by atoms with Gasteiger partial charge in [-0.1, -0.05) is 54.6 Å². The van der Waals surface area contributed by atoms with Gasteiger partial charge in [0, 0.05) is 26.2 Å². The smallest absolute Gasteiger partial charge is 0.224 e. The van der Waals surface area contributed by atoms with Crippen LogP contribution in [0.1, 0.15) is 34.6 Å². The Morgan fingerprint density at radius 2 is 1.72 bits per heavy atom. The minimum absolute atomic E-state index is 0.0292. The summed E-state index contributed by atoms with van der Waals surface area (Å²) in [4.78, 5) is 15.3. The maximum atomic E-state index is 13.8. The molecule has 0 bridgehead atoms. The van der Waals surface area contributed by atoms with E-state index in [4.69, 9.17) is 0 Å². The van der Waals surface area contributed by atoms with Gasteiger partial charge in [-0.15, -0.1) is 0 Å². The summed E-state index contributed by atoms with van der Waals surface area (Å²) in [6.45, 7) is 4.30. The molecule has 1 fully saturated rings. The molecule has 5 heteroatoms. The fourth-order valence-corrected chi connectivity index (χ4v) is 4.45. The summed E-state index contributed by atoms with van der Waals surface area (Å²) in [6.07, 6.45) is 0.714. The molecule has 1 amide bonds. The van der Waals surface area contributed by atoms with Gasteiger partial charge in [-0.25, -0.2) is 8.78 Å². The van der Waals surface area contributed by atoms with Gasteiger partial charge in [0.2, 0.25) is 5.91 Å². The number of halogens is 2. The van der Waals surface area contributed by atoms with Crippen LogP contribution in [0.25, 0.3) is 0 Å². The van der Waals surface area contributed by atoms with E-state index in [1.807, 2.05) is 42.5 Å². The van der Waals surface area contributed by atoms with Crippen LogP contribution in [0.2, 0.25) is 0 Å². The van der Waals surface area contributed by atoms with E-state index in [0.717, 1.165) is 23.2 Å². The molecule has 3 aromatic carbocycles. The third-order valence-electron chi connectivity index (χ3n) is 6.18. The highest BCUT2D eigenvalue weighted by Gasteiger charge is 2.32. The summed E-state index contributed by atoms with van der Waals surface area (Å²) in [5.74, 6) is -0.504. The number of hydrogen-bond donors (Lipinski definition) is 1. The van der Waals surface area contributed by atoms with Crippen molar-refractivity contribution in [2.45, 2.75) is 32.4 Å². The van der Waals surface area contributed by atoms with E-state index in [1.54, 1.807) is 19.1 Å². The van der Waals surface area contributed by atoms with Gasteiger partial charge >= 0.3 is 0 Å². The molecule has 32 heavy (non-hydrogen) atoms. The fraction of sp³-hybridized carbons (Fsp3) is 0.296. The molecule has 3 aromatic rings. The highest BCUT2D eigenvalue weighted by Crippen LogP contribution is 2.32. The van der Waals surface area contributed by atoms with Crippen LogP contribution in [0.5, 0.6) is 0 Å². The van der Waals surface area contributed by atoms with Crippen molar-refractivity contribution in [3.63, 3.8) is 0 Å². The molecule has 4 rings (SSSR count). The van der Waals surface area contributed by atoms with Crippen molar-refractivity contribution in [3.8, 4) is 0 Å². The highest BCUT2D eigenvalue weighted by atomic mass is 19.1. The summed E-state index contributed by atoms with van der Waals surface area (Å²) in [5.41, 5.74) is 3.73. The van der Waals surface area contributed by atoms with E-state index in [9.17, 15) is 13.6 Å². The summed E-state index contributed by atoms with van der Waals surface area (Å²) >= 11 is 0. The molecule has 2 atom stereocenters. The molecule has 0 unspecified atom stereocenters. The van der Waals surface area contributed by atoms with Crippen LogP contribution in [0.4, 0.5) is 8.78 Å². The Labute approximate surface area is 188 Å². The minimum Gasteiger partial charge on any atom is -0.352 e. The Morgan fingerprint density at radius 1 is 0.969 bits per heavy atom. The predicted octanol–water partition coefficient (Wildman–Crippen LogP) is 5.20. The van der Waals surface area contributed by atoms with Crippen LogP contribution in [0.15, 0.2) is 72.8 Å². The Kier molecular flexibility index (Phi) is 6.96. The predicted molar refractivity (Wildman–Crippen MR) is 122 cm³/mol. The average Bonchev–Trinajstić information content (AvgIpc) is 2.81. The maximum absolute atomic E-state index is 13.8. The van der Waals surface area contributed by atoms with Crippen molar-refractivity contribution < 1.29 is 13.6 Å². The first-order valence-corrected chi connectivity index (χ1v) is 11.0. The molecule has 1 heterocycles. The molecule has 1 aliphatic heterocycles. The SMILES string of the molecule is Cc1cc([C@H]2C[C@@H](C(=O)NCc3ccccc3)CN(Cc3ccc(F)cc3)C2)ccc1F. The van der Waals surface area contributed by atoms with Gasteiger partial charge in [0.05, 0.1) is 5.92 Å². The third kappa shape index (κ3) is 5.60. The van der Waals surface area contributed by atoms with Crippen molar-refractivity contribution in [1.29, 1.82) is 0 Å². The van der Waals surface area contributed by atoms with E-state index in [0.29, 0.717) is 31.6 Å². The largest absolute Gasteiger partial charge is 0.352 e. The number of carbonyl (C=O) groups excluding carboxylic acids is 1. The maximum Gasteiger partial charge on any atom is 0.224 e. The number of carbonyl (C=O) groups is 1. The number of nitrogens with zero attached hydrogens (tertiary/aromatic N) is 1. The van der Waals surface area contributed by atoms with Gasteiger partial charge in [-0.3, -0.25) is 9.69 Å². The summed E-state index contributed by atoms with van der Waals surface area (Å²) < 4.78 is 27.1. The first-order valence-electron chi connectivity index (χ1n) is 11.0. The van der Waals surface area contributed by atoms with E-state index < -0.39 is 0 Å². The normalized spacial score (nSPS) is 19.0. The average molecular weight is 435 g/mol.